The van der Waals surface area contributed by atoms with Crippen molar-refractivity contribution in [2.24, 2.45) is 0 Å². The minimum absolute atomic E-state index is 0.0845. The van der Waals surface area contributed by atoms with Crippen LogP contribution in [0.5, 0.6) is 23.0 Å². The second kappa shape index (κ2) is 39.0. The summed E-state index contributed by atoms with van der Waals surface area (Å²) in [5, 5.41) is 0. The summed E-state index contributed by atoms with van der Waals surface area (Å²) in [7, 11) is 1.22. The second-order valence-corrected chi connectivity index (χ2v) is 22.0. The molecule has 8 bridgehead atoms. The number of hydrogen-bond donors (Lipinski definition) is 0. The van der Waals surface area contributed by atoms with Gasteiger partial charge in [0, 0.05) is 56.1 Å². The molecule has 0 spiro atoms. The molecule has 5 rings (SSSR count). The van der Waals surface area contributed by atoms with Crippen LogP contribution in [0.1, 0.15) is 204 Å². The number of benzene rings is 4. The summed E-state index contributed by atoms with van der Waals surface area (Å²) in [5.41, 5.74) is 8.80. The standard InChI is InChI=1S/C72H92O15/c1-9-15-19-23-31-80-69-56-35-52(47-84-64(74)13-5)37-58(69)45-62-41-55(50-87-68(78)30-29-66(76)79-8)42-63(72(62)83-34-26-22-18-12-4)46-59-38-53(48-85-65(75)14-6)36-57(70(59)81-32-24-20-16-10-2)44-61-40-54(49-86-67(77)28-27-51(7)73)39-60(43-56)71(61)82-33-25-21-17-11-3/h13-14,27-30,35-42H,5-6,9-12,15-26,31-34,43-50H2,1-4,7-8H3/b28-27-,30-29-. The van der Waals surface area contributed by atoms with Gasteiger partial charge in [0.1, 0.15) is 49.4 Å². The van der Waals surface area contributed by atoms with E-state index in [9.17, 15) is 28.8 Å². The fourth-order valence-electron chi connectivity index (χ4n) is 10.3. The highest BCUT2D eigenvalue weighted by Gasteiger charge is 2.26. The Bertz CT molecular complexity index is 2860. The van der Waals surface area contributed by atoms with Gasteiger partial charge in [0.25, 0.3) is 0 Å². The molecule has 0 amide bonds. The summed E-state index contributed by atoms with van der Waals surface area (Å²) in [6.07, 6.45) is 22.8. The van der Waals surface area contributed by atoms with Gasteiger partial charge in [-0.25, -0.2) is 24.0 Å². The number of ether oxygens (including phenoxy) is 9. The molecule has 15 heteroatoms. The Morgan fingerprint density at radius 1 is 0.356 bits per heavy atom. The lowest BCUT2D eigenvalue weighted by molar-refractivity contribution is -0.140. The van der Waals surface area contributed by atoms with Crippen molar-refractivity contribution >= 4 is 35.6 Å². The van der Waals surface area contributed by atoms with Crippen molar-refractivity contribution < 1.29 is 71.4 Å². The Labute approximate surface area is 515 Å². The number of ketones is 1. The van der Waals surface area contributed by atoms with Gasteiger partial charge in [0.05, 0.1) is 33.5 Å². The van der Waals surface area contributed by atoms with Crippen LogP contribution < -0.4 is 18.9 Å². The van der Waals surface area contributed by atoms with Crippen molar-refractivity contribution in [2.45, 2.75) is 189 Å². The van der Waals surface area contributed by atoms with Gasteiger partial charge in [-0.15, -0.1) is 0 Å². The predicted molar refractivity (Wildman–Crippen MR) is 336 cm³/mol. The van der Waals surface area contributed by atoms with E-state index >= 15 is 0 Å². The number of unbranched alkanes of at least 4 members (excludes halogenated alkanes) is 12. The number of fused-ring (bicyclic) bond motifs is 8. The molecule has 15 nitrogen and oxygen atoms in total. The van der Waals surface area contributed by atoms with Crippen LogP contribution in [0.2, 0.25) is 0 Å². The van der Waals surface area contributed by atoms with Crippen molar-refractivity contribution in [3.05, 3.63) is 165 Å². The van der Waals surface area contributed by atoms with E-state index in [1.165, 1.54) is 20.1 Å². The molecule has 0 atom stereocenters. The number of carbonyl (C=O) groups is 6. The number of hydrogen-bond acceptors (Lipinski definition) is 15. The van der Waals surface area contributed by atoms with Crippen LogP contribution in [-0.2, 0) is 105 Å². The van der Waals surface area contributed by atoms with Crippen LogP contribution >= 0.6 is 0 Å². The number of methoxy groups -OCH3 is 1. The topological polar surface area (TPSA) is 185 Å². The molecule has 4 aromatic carbocycles. The highest BCUT2D eigenvalue weighted by molar-refractivity contribution is 5.94. The first-order valence-corrected chi connectivity index (χ1v) is 31.2. The lowest BCUT2D eigenvalue weighted by Crippen LogP contribution is -2.13. The molecular formula is C72H92O15. The maximum atomic E-state index is 13.2. The van der Waals surface area contributed by atoms with Gasteiger partial charge in [0.15, 0.2) is 5.78 Å². The first-order valence-electron chi connectivity index (χ1n) is 31.2. The van der Waals surface area contributed by atoms with Crippen molar-refractivity contribution in [1.29, 1.82) is 0 Å². The fraction of sp³-hybridized carbons (Fsp3) is 0.472. The summed E-state index contributed by atoms with van der Waals surface area (Å²) in [6.45, 7) is 18.4. The minimum atomic E-state index is -0.747. The Morgan fingerprint density at radius 3 is 0.828 bits per heavy atom. The molecule has 0 saturated heterocycles. The van der Waals surface area contributed by atoms with Gasteiger partial charge in [-0.3, -0.25) is 4.79 Å². The van der Waals surface area contributed by atoms with Gasteiger partial charge in [-0.1, -0.05) is 118 Å². The third-order valence-corrected chi connectivity index (χ3v) is 14.6. The smallest absolute Gasteiger partial charge is 0.331 e. The maximum Gasteiger partial charge on any atom is 0.331 e. The second-order valence-electron chi connectivity index (χ2n) is 22.0. The SMILES string of the molecule is C=CC(=O)OCc1cc2c(OCCCCCC)c(c1)Cc1cc(COC(=O)/C=C\C(=O)OC)cc(c1OCCCCCC)Cc1cc(COC(=O)C=C)cc(c1OCCCCCC)Cc1cc(COC(=O)/C=C\C(C)=O)cc(c1OCCCCCC)C2. The number of rotatable bonds is 38. The average Bonchev–Trinajstić information content (AvgIpc) is 1.38. The average molecular weight is 1200 g/mol. The van der Waals surface area contributed by atoms with E-state index in [2.05, 4.69) is 40.9 Å². The summed E-state index contributed by atoms with van der Waals surface area (Å²) < 4.78 is 56.1. The van der Waals surface area contributed by atoms with E-state index in [1.54, 1.807) is 0 Å². The lowest BCUT2D eigenvalue weighted by atomic mass is 9.88. The van der Waals surface area contributed by atoms with E-state index < -0.39 is 29.8 Å². The van der Waals surface area contributed by atoms with Crippen LogP contribution in [-0.4, -0.2) is 69.2 Å². The van der Waals surface area contributed by atoms with Crippen LogP contribution in [0.3, 0.4) is 0 Å². The normalized spacial score (nSPS) is 11.8. The molecule has 470 valence electrons. The quantitative estimate of drug-likeness (QED) is 0.0157. The third-order valence-electron chi connectivity index (χ3n) is 14.6. The van der Waals surface area contributed by atoms with E-state index in [4.69, 9.17) is 42.6 Å². The Kier molecular flexibility index (Phi) is 31.3. The Balaban J connectivity index is 1.97. The van der Waals surface area contributed by atoms with E-state index in [-0.39, 0.29) is 57.9 Å². The fourth-order valence-corrected chi connectivity index (χ4v) is 10.3. The molecule has 0 saturated carbocycles. The van der Waals surface area contributed by atoms with Crippen molar-refractivity contribution in [1.82, 2.24) is 0 Å². The summed E-state index contributed by atoms with van der Waals surface area (Å²) in [4.78, 5) is 76.0. The summed E-state index contributed by atoms with van der Waals surface area (Å²) in [6, 6.07) is 15.9. The molecule has 0 radical (unpaired) electrons. The highest BCUT2D eigenvalue weighted by atomic mass is 16.5. The van der Waals surface area contributed by atoms with Gasteiger partial charge in [-0.05, 0) is 154 Å². The van der Waals surface area contributed by atoms with E-state index in [0.29, 0.717) is 71.7 Å². The predicted octanol–water partition coefficient (Wildman–Crippen LogP) is 14.6. The van der Waals surface area contributed by atoms with Crippen molar-refractivity contribution in [2.75, 3.05) is 33.5 Å². The number of carbonyl (C=O) groups excluding carboxylic acids is 6. The van der Waals surface area contributed by atoms with Gasteiger partial charge >= 0.3 is 29.8 Å². The van der Waals surface area contributed by atoms with Gasteiger partial charge < -0.3 is 42.6 Å². The van der Waals surface area contributed by atoms with Crippen LogP contribution in [0.25, 0.3) is 0 Å². The molecule has 0 aromatic heterocycles. The maximum absolute atomic E-state index is 13.2. The summed E-state index contributed by atoms with van der Waals surface area (Å²) >= 11 is 0. The van der Waals surface area contributed by atoms with Crippen LogP contribution in [0.4, 0.5) is 0 Å². The van der Waals surface area contributed by atoms with Crippen molar-refractivity contribution in [3.8, 4) is 23.0 Å². The highest BCUT2D eigenvalue weighted by Crippen LogP contribution is 2.42. The number of esters is 5. The largest absolute Gasteiger partial charge is 0.493 e. The molecule has 0 heterocycles. The zero-order valence-corrected chi connectivity index (χ0v) is 52.4. The number of allylic oxidation sites excluding steroid dienone is 1. The first kappa shape index (κ1) is 69.8. The monoisotopic (exact) mass is 1200 g/mol. The molecule has 0 aliphatic heterocycles. The van der Waals surface area contributed by atoms with Crippen molar-refractivity contribution in [3.63, 3.8) is 0 Å². The minimum Gasteiger partial charge on any atom is -0.493 e. The third kappa shape index (κ3) is 24.4. The van der Waals surface area contributed by atoms with Gasteiger partial charge in [0.2, 0.25) is 0 Å². The molecule has 0 N–H and O–H groups in total. The molecule has 4 aromatic rings. The zero-order valence-electron chi connectivity index (χ0n) is 52.4. The van der Waals surface area contributed by atoms with E-state index in [0.717, 1.165) is 178 Å². The van der Waals surface area contributed by atoms with E-state index in [1.807, 2.05) is 48.5 Å². The molecular weight excluding hydrogens is 1100 g/mol. The zero-order chi connectivity index (χ0) is 62.8. The Morgan fingerprint density at radius 2 is 0.598 bits per heavy atom. The van der Waals surface area contributed by atoms with Crippen LogP contribution in [0, 0.1) is 0 Å². The van der Waals surface area contributed by atoms with Gasteiger partial charge in [-0.2, -0.15) is 0 Å². The molecule has 1 aliphatic rings. The molecule has 0 unspecified atom stereocenters. The lowest BCUT2D eigenvalue weighted by Gasteiger charge is -2.25. The van der Waals surface area contributed by atoms with Crippen LogP contribution in [0.15, 0.2) is 98.1 Å². The molecule has 0 fully saturated rings. The Hall–Kier alpha value is -7.94. The summed E-state index contributed by atoms with van der Waals surface area (Å²) in [5.74, 6) is -1.10. The molecule has 87 heavy (non-hydrogen) atoms. The molecule has 1 aliphatic carbocycles. The first-order chi connectivity index (χ1) is 42.2.